The maximum absolute atomic E-state index is 14.5. The Bertz CT molecular complexity index is 1110. The van der Waals surface area contributed by atoms with Gasteiger partial charge in [0.05, 0.1) is 10.6 Å². The van der Waals surface area contributed by atoms with E-state index in [0.29, 0.717) is 28.7 Å². The summed E-state index contributed by atoms with van der Waals surface area (Å²) in [5.74, 6) is -0.601. The van der Waals surface area contributed by atoms with Gasteiger partial charge in [0.25, 0.3) is 5.91 Å². The summed E-state index contributed by atoms with van der Waals surface area (Å²) < 4.78 is 20.0. The van der Waals surface area contributed by atoms with Gasteiger partial charge < -0.3 is 4.74 Å². The fourth-order valence-electron chi connectivity index (χ4n) is 3.27. The highest BCUT2D eigenvalue weighted by molar-refractivity contribution is 7.18. The van der Waals surface area contributed by atoms with E-state index in [1.807, 2.05) is 32.9 Å². The van der Waals surface area contributed by atoms with Gasteiger partial charge in [-0.3, -0.25) is 14.5 Å². The standard InChI is InChI=1S/C23H23ClFN3O3S/c1-4-5-9-28(22(30)17-7-6-8-18(24)19(17)25)23-27-26-21(32-23)16-12-14(2)20(15(3)13-16)31-11-10-29/h6-8,10,12-13H,4-5,9,11H2,1-3H3. The Kier molecular flexibility index (Phi) is 7.93. The molecule has 168 valence electrons. The second-order valence-electron chi connectivity index (χ2n) is 7.22. The third kappa shape index (κ3) is 5.14. The fourth-order valence-corrected chi connectivity index (χ4v) is 4.31. The molecule has 0 atom stereocenters. The van der Waals surface area contributed by atoms with Gasteiger partial charge in [-0.05, 0) is 55.7 Å². The van der Waals surface area contributed by atoms with E-state index in [1.165, 1.54) is 28.4 Å². The zero-order valence-corrected chi connectivity index (χ0v) is 19.6. The minimum atomic E-state index is -0.748. The Morgan fingerprint density at radius 2 is 1.97 bits per heavy atom. The van der Waals surface area contributed by atoms with Gasteiger partial charge in [0.1, 0.15) is 17.4 Å². The molecular formula is C23H23ClFN3O3S. The van der Waals surface area contributed by atoms with Crippen LogP contribution in [0, 0.1) is 19.7 Å². The van der Waals surface area contributed by atoms with Crippen LogP contribution in [0.15, 0.2) is 30.3 Å². The summed E-state index contributed by atoms with van der Waals surface area (Å²) >= 11 is 7.12. The van der Waals surface area contributed by atoms with Crippen molar-refractivity contribution in [3.8, 4) is 16.3 Å². The molecule has 9 heteroatoms. The van der Waals surface area contributed by atoms with E-state index in [2.05, 4.69) is 10.2 Å². The summed E-state index contributed by atoms with van der Waals surface area (Å²) in [7, 11) is 0. The molecule has 0 fully saturated rings. The van der Waals surface area contributed by atoms with Crippen molar-refractivity contribution < 1.29 is 18.7 Å². The molecule has 2 aromatic carbocycles. The first-order valence-electron chi connectivity index (χ1n) is 10.1. The van der Waals surface area contributed by atoms with Crippen molar-refractivity contribution in [3.63, 3.8) is 0 Å². The van der Waals surface area contributed by atoms with Crippen LogP contribution in [0.5, 0.6) is 5.75 Å². The highest BCUT2D eigenvalue weighted by Gasteiger charge is 2.25. The fraction of sp³-hybridized carbons (Fsp3) is 0.304. The molecule has 1 heterocycles. The summed E-state index contributed by atoms with van der Waals surface area (Å²) in [5.41, 5.74) is 2.43. The molecule has 0 saturated heterocycles. The van der Waals surface area contributed by atoms with E-state index in [4.69, 9.17) is 16.3 Å². The lowest BCUT2D eigenvalue weighted by molar-refractivity contribution is -0.109. The van der Waals surface area contributed by atoms with Gasteiger partial charge in [0.15, 0.2) is 12.1 Å². The van der Waals surface area contributed by atoms with Crippen LogP contribution in [-0.4, -0.2) is 35.5 Å². The Hall–Kier alpha value is -2.84. The Morgan fingerprint density at radius 1 is 1.25 bits per heavy atom. The van der Waals surface area contributed by atoms with E-state index >= 15 is 0 Å². The summed E-state index contributed by atoms with van der Waals surface area (Å²) in [6.45, 7) is 6.15. The normalized spacial score (nSPS) is 10.8. The van der Waals surface area contributed by atoms with Crippen molar-refractivity contribution in [2.45, 2.75) is 33.6 Å². The number of amides is 1. The van der Waals surface area contributed by atoms with Crippen LogP contribution in [0.3, 0.4) is 0 Å². The van der Waals surface area contributed by atoms with E-state index < -0.39 is 11.7 Å². The Labute approximate surface area is 195 Å². The zero-order valence-electron chi connectivity index (χ0n) is 18.0. The lowest BCUT2D eigenvalue weighted by atomic mass is 10.1. The highest BCUT2D eigenvalue weighted by atomic mass is 35.5. The van der Waals surface area contributed by atoms with Crippen LogP contribution in [0.25, 0.3) is 10.6 Å². The van der Waals surface area contributed by atoms with E-state index in [0.717, 1.165) is 29.5 Å². The number of aromatic nitrogens is 2. The minimum Gasteiger partial charge on any atom is -0.486 e. The smallest absolute Gasteiger partial charge is 0.263 e. The molecule has 0 unspecified atom stereocenters. The molecule has 0 saturated carbocycles. The number of nitrogens with zero attached hydrogens (tertiary/aromatic N) is 3. The number of hydrogen-bond acceptors (Lipinski definition) is 6. The van der Waals surface area contributed by atoms with Gasteiger partial charge in [-0.1, -0.05) is 42.3 Å². The molecule has 1 aromatic heterocycles. The van der Waals surface area contributed by atoms with Crippen molar-refractivity contribution in [1.29, 1.82) is 0 Å². The first-order valence-corrected chi connectivity index (χ1v) is 11.3. The largest absolute Gasteiger partial charge is 0.486 e. The van der Waals surface area contributed by atoms with Crippen molar-refractivity contribution in [3.05, 3.63) is 57.9 Å². The number of halogens is 2. The molecule has 1 amide bonds. The van der Waals surface area contributed by atoms with E-state index in [9.17, 15) is 14.0 Å². The molecule has 0 bridgehead atoms. The van der Waals surface area contributed by atoms with Crippen LogP contribution in [-0.2, 0) is 4.79 Å². The Balaban J connectivity index is 1.95. The van der Waals surface area contributed by atoms with Gasteiger partial charge in [-0.2, -0.15) is 0 Å². The molecule has 3 rings (SSSR count). The summed E-state index contributed by atoms with van der Waals surface area (Å²) in [6, 6.07) is 8.15. The number of aldehydes is 1. The van der Waals surface area contributed by atoms with E-state index in [1.54, 1.807) is 6.07 Å². The number of benzene rings is 2. The highest BCUT2D eigenvalue weighted by Crippen LogP contribution is 2.34. The first-order chi connectivity index (χ1) is 15.4. The molecule has 0 aliphatic carbocycles. The van der Waals surface area contributed by atoms with Crippen molar-refractivity contribution in [1.82, 2.24) is 10.2 Å². The molecule has 6 nitrogen and oxygen atoms in total. The van der Waals surface area contributed by atoms with Gasteiger partial charge in [0, 0.05) is 12.1 Å². The van der Waals surface area contributed by atoms with Crippen LogP contribution in [0.2, 0.25) is 5.02 Å². The molecule has 0 radical (unpaired) electrons. The van der Waals surface area contributed by atoms with Crippen molar-refractivity contribution in [2.75, 3.05) is 18.1 Å². The maximum atomic E-state index is 14.5. The summed E-state index contributed by atoms with van der Waals surface area (Å²) in [6.07, 6.45) is 2.28. The zero-order chi connectivity index (χ0) is 23.3. The third-order valence-corrected chi connectivity index (χ3v) is 6.10. The summed E-state index contributed by atoms with van der Waals surface area (Å²) in [4.78, 5) is 25.2. The second kappa shape index (κ2) is 10.7. The van der Waals surface area contributed by atoms with E-state index in [-0.39, 0.29) is 17.2 Å². The van der Waals surface area contributed by atoms with Crippen molar-refractivity contribution >= 4 is 40.3 Å². The SMILES string of the molecule is CCCCN(C(=O)c1cccc(Cl)c1F)c1nnc(-c2cc(C)c(OCC=O)c(C)c2)s1. The number of hydrogen-bond donors (Lipinski definition) is 0. The lowest BCUT2D eigenvalue weighted by Crippen LogP contribution is -2.32. The minimum absolute atomic E-state index is 0.0153. The quantitative estimate of drug-likeness (QED) is 0.374. The summed E-state index contributed by atoms with van der Waals surface area (Å²) in [5, 5.41) is 9.38. The number of anilines is 1. The van der Waals surface area contributed by atoms with Gasteiger partial charge in [-0.15, -0.1) is 10.2 Å². The molecule has 0 aliphatic heterocycles. The first kappa shape index (κ1) is 23.8. The van der Waals surface area contributed by atoms with Gasteiger partial charge in [0.2, 0.25) is 5.13 Å². The predicted molar refractivity (Wildman–Crippen MR) is 124 cm³/mol. The number of rotatable bonds is 9. The third-order valence-electron chi connectivity index (χ3n) is 4.81. The van der Waals surface area contributed by atoms with Crippen LogP contribution >= 0.6 is 22.9 Å². The molecule has 32 heavy (non-hydrogen) atoms. The molecule has 3 aromatic rings. The molecule has 0 spiro atoms. The predicted octanol–water partition coefficient (Wildman–Crippen LogP) is 5.64. The Morgan fingerprint density at radius 3 is 2.62 bits per heavy atom. The molecule has 0 N–H and O–H groups in total. The molecule has 0 aliphatic rings. The van der Waals surface area contributed by atoms with Crippen molar-refractivity contribution in [2.24, 2.45) is 0 Å². The van der Waals surface area contributed by atoms with Gasteiger partial charge in [-0.25, -0.2) is 4.39 Å². The number of ether oxygens (including phenoxy) is 1. The van der Waals surface area contributed by atoms with Crippen LogP contribution < -0.4 is 9.64 Å². The van der Waals surface area contributed by atoms with Crippen LogP contribution in [0.1, 0.15) is 41.3 Å². The number of carbonyl (C=O) groups is 2. The number of unbranched alkanes of at least 4 members (excludes halogenated alkanes) is 1. The van der Waals surface area contributed by atoms with Crippen LogP contribution in [0.4, 0.5) is 9.52 Å². The number of aryl methyl sites for hydroxylation is 2. The monoisotopic (exact) mass is 475 g/mol. The average molecular weight is 476 g/mol. The second-order valence-corrected chi connectivity index (χ2v) is 8.58. The topological polar surface area (TPSA) is 72.4 Å². The number of carbonyl (C=O) groups excluding carboxylic acids is 2. The average Bonchev–Trinajstić information content (AvgIpc) is 3.25. The van der Waals surface area contributed by atoms with Gasteiger partial charge >= 0.3 is 0 Å². The maximum Gasteiger partial charge on any atom is 0.263 e. The molecular weight excluding hydrogens is 453 g/mol. The lowest BCUT2D eigenvalue weighted by Gasteiger charge is -2.19.